The van der Waals surface area contributed by atoms with Crippen molar-refractivity contribution in [2.24, 2.45) is 0 Å². The van der Waals surface area contributed by atoms with Crippen LogP contribution in [0.1, 0.15) is 45.3 Å². The van der Waals surface area contributed by atoms with Crippen LogP contribution in [0.25, 0.3) is 5.69 Å². The molecule has 8 nitrogen and oxygen atoms in total. The second kappa shape index (κ2) is 9.21. The van der Waals surface area contributed by atoms with Gasteiger partial charge in [-0.25, -0.2) is 4.68 Å². The predicted molar refractivity (Wildman–Crippen MR) is 127 cm³/mol. The molecular weight excluding hydrogens is 432 g/mol. The molecule has 0 N–H and O–H groups in total. The van der Waals surface area contributed by atoms with E-state index < -0.39 is 0 Å². The fourth-order valence-electron chi connectivity index (χ4n) is 4.32. The van der Waals surface area contributed by atoms with E-state index in [1.807, 2.05) is 41.3 Å². The molecule has 3 aromatic rings. The van der Waals surface area contributed by atoms with E-state index in [1.165, 1.54) is 0 Å². The molecule has 0 unspecified atom stereocenters. The van der Waals surface area contributed by atoms with E-state index in [9.17, 15) is 9.59 Å². The zero-order chi connectivity index (χ0) is 23.7. The van der Waals surface area contributed by atoms with E-state index in [0.717, 1.165) is 24.2 Å². The smallest absolute Gasteiger partial charge is 0.272 e. The highest BCUT2D eigenvalue weighted by molar-refractivity contribution is 5.96. The zero-order valence-corrected chi connectivity index (χ0v) is 19.4. The molecule has 0 radical (unpaired) electrons. The number of methoxy groups -OCH3 is 2. The summed E-state index contributed by atoms with van der Waals surface area (Å²) in [6.07, 6.45) is 2.24. The molecule has 2 amide bonds. The van der Waals surface area contributed by atoms with Crippen molar-refractivity contribution in [1.29, 1.82) is 0 Å². The van der Waals surface area contributed by atoms with Gasteiger partial charge < -0.3 is 19.3 Å². The number of amides is 2. The van der Waals surface area contributed by atoms with Gasteiger partial charge in [0.15, 0.2) is 11.5 Å². The van der Waals surface area contributed by atoms with Crippen molar-refractivity contribution in [2.45, 2.75) is 18.8 Å². The number of nitrogens with zero attached hydrogens (tertiary/aromatic N) is 4. The summed E-state index contributed by atoms with van der Waals surface area (Å²) in [7, 11) is 3.11. The van der Waals surface area contributed by atoms with Crippen molar-refractivity contribution < 1.29 is 19.1 Å². The molecule has 0 atom stereocenters. The Morgan fingerprint density at radius 3 is 2.09 bits per heavy atom. The SMILES string of the molecule is COc1ccc(C(=O)N2CCN(C(=O)c3cc(C4CC4)nn3-c3ccccc3)CC2)cc1OC. The van der Waals surface area contributed by atoms with Crippen molar-refractivity contribution in [3.63, 3.8) is 0 Å². The van der Waals surface area contributed by atoms with Crippen molar-refractivity contribution >= 4 is 11.8 Å². The Kier molecular flexibility index (Phi) is 5.96. The van der Waals surface area contributed by atoms with Gasteiger partial charge in [-0.2, -0.15) is 5.10 Å². The first-order chi connectivity index (χ1) is 16.6. The van der Waals surface area contributed by atoms with Crippen LogP contribution in [0.5, 0.6) is 11.5 Å². The van der Waals surface area contributed by atoms with Crippen LogP contribution < -0.4 is 9.47 Å². The van der Waals surface area contributed by atoms with Gasteiger partial charge in [0.1, 0.15) is 5.69 Å². The third kappa shape index (κ3) is 4.23. The number of piperazine rings is 1. The summed E-state index contributed by atoms with van der Waals surface area (Å²) in [6.45, 7) is 1.87. The van der Waals surface area contributed by atoms with E-state index in [2.05, 4.69) is 0 Å². The minimum Gasteiger partial charge on any atom is -0.493 e. The van der Waals surface area contributed by atoms with Gasteiger partial charge in [-0.1, -0.05) is 18.2 Å². The van der Waals surface area contributed by atoms with Crippen molar-refractivity contribution in [3.8, 4) is 17.2 Å². The van der Waals surface area contributed by atoms with Crippen LogP contribution in [0, 0.1) is 0 Å². The third-order valence-corrected chi connectivity index (χ3v) is 6.43. The molecule has 2 aliphatic rings. The van der Waals surface area contributed by atoms with Crippen LogP contribution in [-0.2, 0) is 0 Å². The highest BCUT2D eigenvalue weighted by atomic mass is 16.5. The third-order valence-electron chi connectivity index (χ3n) is 6.43. The van der Waals surface area contributed by atoms with E-state index >= 15 is 0 Å². The van der Waals surface area contributed by atoms with Gasteiger partial charge in [-0.15, -0.1) is 0 Å². The standard InChI is InChI=1S/C26H28N4O4/c1-33-23-11-10-19(16-24(23)34-2)25(31)28-12-14-29(15-13-28)26(32)22-17-21(18-8-9-18)27-30(22)20-6-4-3-5-7-20/h3-7,10-11,16-18H,8-9,12-15H2,1-2H3. The molecule has 34 heavy (non-hydrogen) atoms. The Labute approximate surface area is 198 Å². The van der Waals surface area contributed by atoms with Gasteiger partial charge in [0.2, 0.25) is 0 Å². The maximum Gasteiger partial charge on any atom is 0.272 e. The second-order valence-electron chi connectivity index (χ2n) is 8.63. The number of aromatic nitrogens is 2. The molecule has 8 heteroatoms. The predicted octanol–water partition coefficient (Wildman–Crippen LogP) is 3.37. The first-order valence-corrected chi connectivity index (χ1v) is 11.5. The molecule has 0 bridgehead atoms. The van der Waals surface area contributed by atoms with Gasteiger partial charge in [0.25, 0.3) is 11.8 Å². The van der Waals surface area contributed by atoms with Crippen LogP contribution >= 0.6 is 0 Å². The number of carbonyl (C=O) groups excluding carboxylic acids is 2. The molecule has 2 heterocycles. The summed E-state index contributed by atoms with van der Waals surface area (Å²) in [5.74, 6) is 1.41. The molecule has 1 aliphatic heterocycles. The van der Waals surface area contributed by atoms with E-state index in [1.54, 1.807) is 42.0 Å². The molecular formula is C26H28N4O4. The lowest BCUT2D eigenvalue weighted by atomic mass is 10.1. The molecule has 1 saturated carbocycles. The average Bonchev–Trinajstić information content (AvgIpc) is 3.66. The van der Waals surface area contributed by atoms with Gasteiger partial charge in [-0.3, -0.25) is 9.59 Å². The lowest BCUT2D eigenvalue weighted by Gasteiger charge is -2.34. The van der Waals surface area contributed by atoms with Crippen LogP contribution in [-0.4, -0.2) is 71.8 Å². The Bertz CT molecular complexity index is 1190. The molecule has 0 spiro atoms. The number of hydrogen-bond donors (Lipinski definition) is 0. The summed E-state index contributed by atoms with van der Waals surface area (Å²) < 4.78 is 12.3. The number of ether oxygens (including phenoxy) is 2. The Hall–Kier alpha value is -3.81. The maximum atomic E-state index is 13.5. The summed E-state index contributed by atoms with van der Waals surface area (Å²) >= 11 is 0. The fraction of sp³-hybridized carbons (Fsp3) is 0.346. The fourth-order valence-corrected chi connectivity index (χ4v) is 4.32. The van der Waals surface area contributed by atoms with Gasteiger partial charge in [0.05, 0.1) is 25.6 Å². The quantitative estimate of drug-likeness (QED) is 0.564. The van der Waals surface area contributed by atoms with Crippen molar-refractivity contribution in [1.82, 2.24) is 19.6 Å². The summed E-state index contributed by atoms with van der Waals surface area (Å²) in [4.78, 5) is 30.1. The van der Waals surface area contributed by atoms with E-state index in [-0.39, 0.29) is 11.8 Å². The van der Waals surface area contributed by atoms with Gasteiger partial charge in [0, 0.05) is 37.7 Å². The first kappa shape index (κ1) is 22.0. The minimum atomic E-state index is -0.0848. The summed E-state index contributed by atoms with van der Waals surface area (Å²) in [5, 5.41) is 4.75. The Morgan fingerprint density at radius 1 is 0.824 bits per heavy atom. The molecule has 1 aromatic heterocycles. The second-order valence-corrected chi connectivity index (χ2v) is 8.63. The molecule has 2 fully saturated rings. The molecule has 1 saturated heterocycles. The Balaban J connectivity index is 1.30. The van der Waals surface area contributed by atoms with Crippen LogP contribution in [0.4, 0.5) is 0 Å². The van der Waals surface area contributed by atoms with Crippen LogP contribution in [0.2, 0.25) is 0 Å². The number of hydrogen-bond acceptors (Lipinski definition) is 5. The summed E-state index contributed by atoms with van der Waals surface area (Å²) in [6, 6.07) is 16.9. The normalized spacial score (nSPS) is 15.8. The molecule has 176 valence electrons. The highest BCUT2D eigenvalue weighted by Crippen LogP contribution is 2.40. The van der Waals surface area contributed by atoms with Gasteiger partial charge >= 0.3 is 0 Å². The molecule has 5 rings (SSSR count). The van der Waals surface area contributed by atoms with Gasteiger partial charge in [-0.05, 0) is 49.2 Å². The average molecular weight is 461 g/mol. The largest absolute Gasteiger partial charge is 0.493 e. The Morgan fingerprint density at radius 2 is 1.47 bits per heavy atom. The van der Waals surface area contributed by atoms with Crippen molar-refractivity contribution in [3.05, 3.63) is 71.5 Å². The van der Waals surface area contributed by atoms with E-state index in [4.69, 9.17) is 14.6 Å². The molecule has 1 aliphatic carbocycles. The highest BCUT2D eigenvalue weighted by Gasteiger charge is 2.32. The number of carbonyl (C=O) groups is 2. The lowest BCUT2D eigenvalue weighted by molar-refractivity contribution is 0.0530. The topological polar surface area (TPSA) is 76.9 Å². The first-order valence-electron chi connectivity index (χ1n) is 11.5. The number of benzene rings is 2. The molecule has 2 aromatic carbocycles. The van der Waals surface area contributed by atoms with Crippen LogP contribution in [0.3, 0.4) is 0 Å². The number of para-hydroxylation sites is 1. The zero-order valence-electron chi connectivity index (χ0n) is 19.4. The maximum absolute atomic E-state index is 13.5. The summed E-state index contributed by atoms with van der Waals surface area (Å²) in [5.41, 5.74) is 2.97. The number of rotatable bonds is 6. The van der Waals surface area contributed by atoms with E-state index in [0.29, 0.717) is 54.9 Å². The monoisotopic (exact) mass is 460 g/mol. The minimum absolute atomic E-state index is 0.0542. The van der Waals surface area contributed by atoms with Crippen LogP contribution in [0.15, 0.2) is 54.6 Å². The lowest BCUT2D eigenvalue weighted by Crippen LogP contribution is -2.50. The van der Waals surface area contributed by atoms with Crippen molar-refractivity contribution in [2.75, 3.05) is 40.4 Å².